The van der Waals surface area contributed by atoms with E-state index in [-0.39, 0.29) is 11.7 Å². The number of ketones is 1. The Bertz CT molecular complexity index is 502. The van der Waals surface area contributed by atoms with Crippen LogP contribution in [0.4, 0.5) is 0 Å². The molecule has 0 bridgehead atoms. The molecule has 17 heavy (non-hydrogen) atoms. The van der Waals surface area contributed by atoms with Crippen LogP contribution in [0.15, 0.2) is 36.8 Å². The SMILES string of the molecule is CC(C)C(=O)c1cnn(Cc2ccccn2)c1. The van der Waals surface area contributed by atoms with Crippen molar-refractivity contribution in [2.24, 2.45) is 5.92 Å². The molecule has 0 unspecified atom stereocenters. The molecule has 0 amide bonds. The highest BCUT2D eigenvalue weighted by Gasteiger charge is 2.12. The Balaban J connectivity index is 2.12. The molecule has 4 heteroatoms. The van der Waals surface area contributed by atoms with Gasteiger partial charge < -0.3 is 0 Å². The largest absolute Gasteiger partial charge is 0.294 e. The predicted octanol–water partition coefficient (Wildman–Crippen LogP) is 2.17. The van der Waals surface area contributed by atoms with Gasteiger partial charge in [0.15, 0.2) is 5.78 Å². The lowest BCUT2D eigenvalue weighted by Gasteiger charge is -2.01. The summed E-state index contributed by atoms with van der Waals surface area (Å²) in [5, 5.41) is 4.17. The average molecular weight is 229 g/mol. The third-order valence-electron chi connectivity index (χ3n) is 2.49. The number of carbonyl (C=O) groups is 1. The summed E-state index contributed by atoms with van der Waals surface area (Å²) in [5.41, 5.74) is 1.59. The lowest BCUT2D eigenvalue weighted by molar-refractivity contribution is 0.0939. The number of nitrogens with zero attached hydrogens (tertiary/aromatic N) is 3. The zero-order chi connectivity index (χ0) is 12.3. The molecule has 0 fully saturated rings. The predicted molar refractivity (Wildman–Crippen MR) is 64.7 cm³/mol. The molecule has 0 spiro atoms. The van der Waals surface area contributed by atoms with Gasteiger partial charge in [0.05, 0.1) is 24.0 Å². The number of aromatic nitrogens is 3. The molecule has 2 rings (SSSR count). The quantitative estimate of drug-likeness (QED) is 0.755. The standard InChI is InChI=1S/C13H15N3O/c1-10(2)13(17)11-7-15-16(8-11)9-12-5-3-4-6-14-12/h3-8,10H,9H2,1-2H3. The zero-order valence-electron chi connectivity index (χ0n) is 10.00. The van der Waals surface area contributed by atoms with E-state index in [4.69, 9.17) is 0 Å². The van der Waals surface area contributed by atoms with E-state index in [0.29, 0.717) is 12.1 Å². The summed E-state index contributed by atoms with van der Waals surface area (Å²) in [7, 11) is 0. The summed E-state index contributed by atoms with van der Waals surface area (Å²) in [6, 6.07) is 5.75. The molecule has 0 aromatic carbocycles. The Morgan fingerprint density at radius 1 is 1.41 bits per heavy atom. The van der Waals surface area contributed by atoms with Crippen LogP contribution in [0.5, 0.6) is 0 Å². The first-order valence-corrected chi connectivity index (χ1v) is 5.63. The number of pyridine rings is 1. The van der Waals surface area contributed by atoms with Crippen molar-refractivity contribution in [3.05, 3.63) is 48.0 Å². The minimum absolute atomic E-state index is 0.00232. The molecular formula is C13H15N3O. The van der Waals surface area contributed by atoms with Crippen molar-refractivity contribution in [1.29, 1.82) is 0 Å². The fraction of sp³-hybridized carbons (Fsp3) is 0.308. The van der Waals surface area contributed by atoms with Crippen molar-refractivity contribution in [2.75, 3.05) is 0 Å². The van der Waals surface area contributed by atoms with Gasteiger partial charge in [0.25, 0.3) is 0 Å². The number of hydrogen-bond donors (Lipinski definition) is 0. The minimum Gasteiger partial charge on any atom is -0.294 e. The lowest BCUT2D eigenvalue weighted by atomic mass is 10.1. The maximum atomic E-state index is 11.7. The summed E-state index contributed by atoms with van der Waals surface area (Å²) in [5.74, 6) is 0.125. The van der Waals surface area contributed by atoms with Gasteiger partial charge >= 0.3 is 0 Å². The van der Waals surface area contributed by atoms with Crippen molar-refractivity contribution in [1.82, 2.24) is 14.8 Å². The number of Topliss-reactive ketones (excluding diaryl/α,β-unsaturated/α-hetero) is 1. The van der Waals surface area contributed by atoms with E-state index in [0.717, 1.165) is 5.69 Å². The fourth-order valence-electron chi connectivity index (χ4n) is 1.57. The number of rotatable bonds is 4. The summed E-state index contributed by atoms with van der Waals surface area (Å²) >= 11 is 0. The molecule has 0 atom stereocenters. The molecule has 2 aromatic heterocycles. The van der Waals surface area contributed by atoms with Crippen LogP contribution in [-0.4, -0.2) is 20.5 Å². The van der Waals surface area contributed by atoms with Gasteiger partial charge in [-0.15, -0.1) is 0 Å². The molecule has 0 aliphatic rings. The van der Waals surface area contributed by atoms with Crippen LogP contribution in [0.1, 0.15) is 29.9 Å². The summed E-state index contributed by atoms with van der Waals surface area (Å²) in [6.45, 7) is 4.36. The van der Waals surface area contributed by atoms with Crippen LogP contribution in [0, 0.1) is 5.92 Å². The van der Waals surface area contributed by atoms with Gasteiger partial charge in [0.2, 0.25) is 0 Å². The van der Waals surface area contributed by atoms with Gasteiger partial charge in [0, 0.05) is 18.3 Å². The second kappa shape index (κ2) is 4.91. The minimum atomic E-state index is 0.00232. The molecule has 2 heterocycles. The van der Waals surface area contributed by atoms with E-state index in [2.05, 4.69) is 10.1 Å². The highest BCUT2D eigenvalue weighted by atomic mass is 16.1. The molecule has 0 saturated carbocycles. The van der Waals surface area contributed by atoms with Crippen molar-refractivity contribution in [3.63, 3.8) is 0 Å². The lowest BCUT2D eigenvalue weighted by Crippen LogP contribution is -2.06. The second-order valence-electron chi connectivity index (χ2n) is 4.27. The number of carbonyl (C=O) groups excluding carboxylic acids is 1. The Hall–Kier alpha value is -1.97. The third kappa shape index (κ3) is 2.78. The van der Waals surface area contributed by atoms with Crippen LogP contribution in [0.25, 0.3) is 0 Å². The van der Waals surface area contributed by atoms with Crippen molar-refractivity contribution >= 4 is 5.78 Å². The first-order valence-electron chi connectivity index (χ1n) is 5.63. The molecule has 4 nitrogen and oxygen atoms in total. The molecule has 0 radical (unpaired) electrons. The van der Waals surface area contributed by atoms with E-state index in [9.17, 15) is 4.79 Å². The maximum Gasteiger partial charge on any atom is 0.168 e. The molecule has 0 aliphatic carbocycles. The van der Waals surface area contributed by atoms with Crippen LogP contribution >= 0.6 is 0 Å². The average Bonchev–Trinajstić information content (AvgIpc) is 2.77. The van der Waals surface area contributed by atoms with Crippen LogP contribution in [-0.2, 0) is 6.54 Å². The maximum absolute atomic E-state index is 11.7. The van der Waals surface area contributed by atoms with E-state index in [1.54, 1.807) is 23.3 Å². The van der Waals surface area contributed by atoms with Gasteiger partial charge in [-0.25, -0.2) is 0 Å². The molecule has 0 saturated heterocycles. The Labute approximate surface area is 100 Å². The Morgan fingerprint density at radius 3 is 2.88 bits per heavy atom. The smallest absolute Gasteiger partial charge is 0.168 e. The van der Waals surface area contributed by atoms with E-state index >= 15 is 0 Å². The normalized spacial score (nSPS) is 10.8. The molecule has 2 aromatic rings. The van der Waals surface area contributed by atoms with Gasteiger partial charge in [-0.05, 0) is 12.1 Å². The monoisotopic (exact) mass is 229 g/mol. The van der Waals surface area contributed by atoms with Gasteiger partial charge in [-0.1, -0.05) is 19.9 Å². The molecular weight excluding hydrogens is 214 g/mol. The fourth-order valence-corrected chi connectivity index (χ4v) is 1.57. The topological polar surface area (TPSA) is 47.8 Å². The Morgan fingerprint density at radius 2 is 2.24 bits per heavy atom. The van der Waals surface area contributed by atoms with Crippen LogP contribution in [0.3, 0.4) is 0 Å². The molecule has 0 aliphatic heterocycles. The number of hydrogen-bond acceptors (Lipinski definition) is 3. The van der Waals surface area contributed by atoms with Gasteiger partial charge in [0.1, 0.15) is 0 Å². The van der Waals surface area contributed by atoms with Gasteiger partial charge in [-0.2, -0.15) is 5.10 Å². The van der Waals surface area contributed by atoms with Gasteiger partial charge in [-0.3, -0.25) is 14.5 Å². The van der Waals surface area contributed by atoms with Crippen molar-refractivity contribution in [3.8, 4) is 0 Å². The molecule has 88 valence electrons. The summed E-state index contributed by atoms with van der Waals surface area (Å²) in [4.78, 5) is 16.0. The van der Waals surface area contributed by atoms with E-state index in [1.807, 2.05) is 32.0 Å². The van der Waals surface area contributed by atoms with E-state index < -0.39 is 0 Å². The van der Waals surface area contributed by atoms with Crippen LogP contribution < -0.4 is 0 Å². The highest BCUT2D eigenvalue weighted by Crippen LogP contribution is 2.08. The first kappa shape index (κ1) is 11.5. The summed E-state index contributed by atoms with van der Waals surface area (Å²) in [6.07, 6.45) is 5.14. The first-order chi connectivity index (χ1) is 8.16. The second-order valence-corrected chi connectivity index (χ2v) is 4.27. The Kier molecular flexibility index (Phi) is 3.32. The highest BCUT2D eigenvalue weighted by molar-refractivity contribution is 5.96. The third-order valence-corrected chi connectivity index (χ3v) is 2.49. The van der Waals surface area contributed by atoms with Crippen molar-refractivity contribution in [2.45, 2.75) is 20.4 Å². The van der Waals surface area contributed by atoms with Crippen LogP contribution in [0.2, 0.25) is 0 Å². The zero-order valence-corrected chi connectivity index (χ0v) is 10.00. The summed E-state index contributed by atoms with van der Waals surface area (Å²) < 4.78 is 1.73. The van der Waals surface area contributed by atoms with E-state index in [1.165, 1.54) is 0 Å². The van der Waals surface area contributed by atoms with Crippen molar-refractivity contribution < 1.29 is 4.79 Å². The molecule has 0 N–H and O–H groups in total.